The Labute approximate surface area is 182 Å². The molecule has 1 saturated heterocycles. The molecule has 1 N–H and O–H groups in total. The molecule has 2 aromatic carbocycles. The van der Waals surface area contributed by atoms with E-state index in [2.05, 4.69) is 10.3 Å². The molecule has 1 aliphatic rings. The van der Waals surface area contributed by atoms with Crippen LogP contribution in [0.5, 0.6) is 0 Å². The molecule has 0 saturated carbocycles. The number of halogens is 1. The van der Waals surface area contributed by atoms with E-state index < -0.39 is 11.9 Å². The molecule has 1 aromatic heterocycles. The van der Waals surface area contributed by atoms with Crippen LogP contribution in [0.2, 0.25) is 0 Å². The fourth-order valence-electron chi connectivity index (χ4n) is 3.19. The molecule has 0 aliphatic carbocycles. The highest BCUT2D eigenvalue weighted by Gasteiger charge is 2.34. The van der Waals surface area contributed by atoms with E-state index in [1.54, 1.807) is 16.2 Å². The lowest BCUT2D eigenvalue weighted by Crippen LogP contribution is -2.47. The number of thiazole rings is 1. The minimum absolute atomic E-state index is 0.172. The van der Waals surface area contributed by atoms with Crippen molar-refractivity contribution in [1.82, 2.24) is 15.2 Å². The van der Waals surface area contributed by atoms with Crippen molar-refractivity contribution in [2.75, 3.05) is 18.2 Å². The van der Waals surface area contributed by atoms with Crippen LogP contribution >= 0.6 is 23.1 Å². The maximum absolute atomic E-state index is 13.1. The monoisotopic (exact) mass is 441 g/mol. The van der Waals surface area contributed by atoms with Crippen molar-refractivity contribution in [3.8, 4) is 10.6 Å². The normalized spacial score (nSPS) is 15.9. The summed E-state index contributed by atoms with van der Waals surface area (Å²) in [5.74, 6) is 0.171. The second-order valence-corrected chi connectivity index (χ2v) is 8.71. The second-order valence-electron chi connectivity index (χ2n) is 6.85. The second kappa shape index (κ2) is 9.40. The Kier molecular flexibility index (Phi) is 6.44. The van der Waals surface area contributed by atoms with Gasteiger partial charge in [-0.15, -0.1) is 23.1 Å². The number of amides is 2. The van der Waals surface area contributed by atoms with Crippen molar-refractivity contribution in [3.63, 3.8) is 0 Å². The standard InChI is InChI=1S/C22H20FN3O2S2/c23-17-8-6-16(7-9-17)22(28)26-14-29-13-19(26)20(27)24-11-10-18-12-30-21(25-18)15-4-2-1-3-5-15/h1-9,12,19H,10-11,13-14H2,(H,24,27). The Morgan fingerprint density at radius 1 is 1.13 bits per heavy atom. The van der Waals surface area contributed by atoms with Crippen molar-refractivity contribution in [2.24, 2.45) is 0 Å². The van der Waals surface area contributed by atoms with Crippen LogP contribution in [0.4, 0.5) is 4.39 Å². The van der Waals surface area contributed by atoms with Crippen molar-refractivity contribution in [1.29, 1.82) is 0 Å². The van der Waals surface area contributed by atoms with E-state index in [1.165, 1.54) is 36.0 Å². The van der Waals surface area contributed by atoms with Crippen molar-refractivity contribution >= 4 is 34.9 Å². The van der Waals surface area contributed by atoms with Gasteiger partial charge in [0.15, 0.2) is 0 Å². The predicted octanol–water partition coefficient (Wildman–Crippen LogP) is 3.82. The van der Waals surface area contributed by atoms with Gasteiger partial charge in [-0.2, -0.15) is 0 Å². The van der Waals surface area contributed by atoms with E-state index in [0.717, 1.165) is 16.3 Å². The van der Waals surface area contributed by atoms with E-state index in [-0.39, 0.29) is 11.8 Å². The number of nitrogens with zero attached hydrogens (tertiary/aromatic N) is 2. The van der Waals surface area contributed by atoms with Crippen molar-refractivity contribution in [3.05, 3.63) is 77.1 Å². The van der Waals surface area contributed by atoms with E-state index in [1.807, 2.05) is 35.7 Å². The Bertz CT molecular complexity index is 1020. The average molecular weight is 442 g/mol. The van der Waals surface area contributed by atoms with Crippen LogP contribution in [-0.4, -0.2) is 45.9 Å². The molecule has 4 rings (SSSR count). The van der Waals surface area contributed by atoms with Gasteiger partial charge in [-0.05, 0) is 24.3 Å². The molecule has 154 valence electrons. The number of hydrogen-bond acceptors (Lipinski definition) is 5. The van der Waals surface area contributed by atoms with Gasteiger partial charge in [0.05, 0.1) is 11.6 Å². The molecule has 0 bridgehead atoms. The van der Waals surface area contributed by atoms with E-state index in [9.17, 15) is 14.0 Å². The molecule has 0 spiro atoms. The van der Waals surface area contributed by atoms with Gasteiger partial charge in [-0.25, -0.2) is 9.37 Å². The Morgan fingerprint density at radius 2 is 1.90 bits per heavy atom. The van der Waals surface area contributed by atoms with E-state index in [0.29, 0.717) is 30.2 Å². The molecule has 1 atom stereocenters. The molecule has 0 radical (unpaired) electrons. The summed E-state index contributed by atoms with van der Waals surface area (Å²) in [7, 11) is 0. The third-order valence-corrected chi connectivity index (χ3v) is 6.74. The maximum Gasteiger partial charge on any atom is 0.255 e. The van der Waals surface area contributed by atoms with Gasteiger partial charge in [0.25, 0.3) is 5.91 Å². The summed E-state index contributed by atoms with van der Waals surface area (Å²) in [4.78, 5) is 31.6. The number of rotatable bonds is 6. The number of hydrogen-bond donors (Lipinski definition) is 1. The lowest BCUT2D eigenvalue weighted by Gasteiger charge is -2.23. The average Bonchev–Trinajstić information content (AvgIpc) is 3.44. The van der Waals surface area contributed by atoms with Gasteiger partial charge < -0.3 is 10.2 Å². The van der Waals surface area contributed by atoms with Crippen LogP contribution in [-0.2, 0) is 11.2 Å². The highest BCUT2D eigenvalue weighted by atomic mass is 32.2. The summed E-state index contributed by atoms with van der Waals surface area (Å²) >= 11 is 3.12. The molecule has 1 aliphatic heterocycles. The number of nitrogens with one attached hydrogen (secondary N) is 1. The predicted molar refractivity (Wildman–Crippen MR) is 118 cm³/mol. The third-order valence-electron chi connectivity index (χ3n) is 4.79. The van der Waals surface area contributed by atoms with Crippen LogP contribution in [0.1, 0.15) is 16.1 Å². The quantitative estimate of drug-likeness (QED) is 0.632. The minimum Gasteiger partial charge on any atom is -0.354 e. The summed E-state index contributed by atoms with van der Waals surface area (Å²) < 4.78 is 13.1. The molecule has 5 nitrogen and oxygen atoms in total. The summed E-state index contributed by atoms with van der Waals surface area (Å²) in [6, 6.07) is 14.9. The summed E-state index contributed by atoms with van der Waals surface area (Å²) in [5, 5.41) is 5.89. The van der Waals surface area contributed by atoms with Gasteiger partial charge >= 0.3 is 0 Å². The lowest BCUT2D eigenvalue weighted by molar-refractivity contribution is -0.124. The molecule has 1 unspecified atom stereocenters. The van der Waals surface area contributed by atoms with Gasteiger partial charge in [-0.1, -0.05) is 30.3 Å². The molecule has 1 fully saturated rings. The number of carbonyl (C=O) groups excluding carboxylic acids is 2. The number of thioether (sulfide) groups is 1. The Morgan fingerprint density at radius 3 is 2.67 bits per heavy atom. The van der Waals surface area contributed by atoms with Gasteiger partial charge in [0, 0.05) is 35.2 Å². The molecular formula is C22H20FN3O2S2. The van der Waals surface area contributed by atoms with E-state index in [4.69, 9.17) is 0 Å². The van der Waals surface area contributed by atoms with Gasteiger partial charge in [-0.3, -0.25) is 9.59 Å². The van der Waals surface area contributed by atoms with Crippen molar-refractivity contribution < 1.29 is 14.0 Å². The molecule has 2 amide bonds. The lowest BCUT2D eigenvalue weighted by atomic mass is 10.1. The molecule has 8 heteroatoms. The maximum atomic E-state index is 13.1. The van der Waals surface area contributed by atoms with Gasteiger partial charge in [0.1, 0.15) is 16.9 Å². The summed E-state index contributed by atoms with van der Waals surface area (Å²) in [6.45, 7) is 0.455. The first-order chi connectivity index (χ1) is 14.6. The van der Waals surface area contributed by atoms with Crippen LogP contribution < -0.4 is 5.32 Å². The van der Waals surface area contributed by atoms with Gasteiger partial charge in [0.2, 0.25) is 5.91 Å². The minimum atomic E-state index is -0.525. The number of carbonyl (C=O) groups is 2. The van der Waals surface area contributed by atoms with E-state index >= 15 is 0 Å². The molecule has 30 heavy (non-hydrogen) atoms. The molecular weight excluding hydrogens is 421 g/mol. The van der Waals surface area contributed by atoms with Crippen LogP contribution in [0.25, 0.3) is 10.6 Å². The zero-order chi connectivity index (χ0) is 20.9. The molecule has 2 heterocycles. The first-order valence-corrected chi connectivity index (χ1v) is 11.6. The fourth-order valence-corrected chi connectivity index (χ4v) is 5.20. The smallest absolute Gasteiger partial charge is 0.255 e. The summed E-state index contributed by atoms with van der Waals surface area (Å²) in [6.07, 6.45) is 0.626. The van der Waals surface area contributed by atoms with Crippen LogP contribution in [0.3, 0.4) is 0 Å². The summed E-state index contributed by atoms with van der Waals surface area (Å²) in [5.41, 5.74) is 2.39. The largest absolute Gasteiger partial charge is 0.354 e. The highest BCUT2D eigenvalue weighted by molar-refractivity contribution is 7.99. The Hall–Kier alpha value is -2.71. The number of aromatic nitrogens is 1. The third kappa shape index (κ3) is 4.71. The van der Waals surface area contributed by atoms with Crippen molar-refractivity contribution in [2.45, 2.75) is 12.5 Å². The van der Waals surface area contributed by atoms with Crippen LogP contribution in [0, 0.1) is 5.82 Å². The highest BCUT2D eigenvalue weighted by Crippen LogP contribution is 2.24. The Balaban J connectivity index is 1.32. The number of benzene rings is 2. The topological polar surface area (TPSA) is 62.3 Å². The van der Waals surface area contributed by atoms with Crippen LogP contribution in [0.15, 0.2) is 60.0 Å². The zero-order valence-electron chi connectivity index (χ0n) is 16.1. The zero-order valence-corrected chi connectivity index (χ0v) is 17.7. The first-order valence-electron chi connectivity index (χ1n) is 9.53. The fraction of sp³-hybridized carbons (Fsp3) is 0.227. The first kappa shape index (κ1) is 20.6. The molecule has 3 aromatic rings. The SMILES string of the molecule is O=C(NCCc1csc(-c2ccccc2)n1)C1CSCN1C(=O)c1ccc(F)cc1.